The molecule has 1 aliphatic heterocycles. The fourth-order valence-electron chi connectivity index (χ4n) is 3.31. The van der Waals surface area contributed by atoms with Crippen molar-refractivity contribution >= 4 is 17.7 Å². The Bertz CT molecular complexity index is 836. The van der Waals surface area contributed by atoms with Crippen molar-refractivity contribution in [1.29, 1.82) is 0 Å². The molecule has 0 aliphatic carbocycles. The predicted molar refractivity (Wildman–Crippen MR) is 103 cm³/mol. The zero-order chi connectivity index (χ0) is 19.6. The average Bonchev–Trinajstić information content (AvgIpc) is 2.87. The molecular formula is C22H24N2O3. The first-order valence-electron chi connectivity index (χ1n) is 9.20. The highest BCUT2D eigenvalue weighted by atomic mass is 16.2. The number of amides is 3. The standard InChI is InChI=1S/C22H24N2O3/c1-14(2)12-16-8-10-17(11-9-16)15(3)23-20(25)13-24-21(26)18-6-4-5-7-19(18)22(24)27/h4-11,14-15H,12-13H2,1-3H3,(H,23,25)/t15-/m0/s1. The smallest absolute Gasteiger partial charge is 0.262 e. The molecule has 3 rings (SSSR count). The number of carbonyl (C=O) groups is 3. The summed E-state index contributed by atoms with van der Waals surface area (Å²) in [5.74, 6) is -0.608. The minimum Gasteiger partial charge on any atom is -0.348 e. The van der Waals surface area contributed by atoms with Gasteiger partial charge < -0.3 is 5.32 Å². The Labute approximate surface area is 159 Å². The molecule has 0 bridgehead atoms. The van der Waals surface area contributed by atoms with Gasteiger partial charge in [-0.15, -0.1) is 0 Å². The summed E-state index contributed by atoms with van der Waals surface area (Å²) in [5, 5.41) is 2.87. The second-order valence-electron chi connectivity index (χ2n) is 7.37. The van der Waals surface area contributed by atoms with Gasteiger partial charge in [-0.1, -0.05) is 50.2 Å². The highest BCUT2D eigenvalue weighted by Crippen LogP contribution is 2.22. The number of hydrogen-bond acceptors (Lipinski definition) is 3. The molecule has 0 spiro atoms. The third-order valence-electron chi connectivity index (χ3n) is 4.68. The molecule has 5 heteroatoms. The Kier molecular flexibility index (Phi) is 5.40. The van der Waals surface area contributed by atoms with E-state index in [2.05, 4.69) is 31.3 Å². The molecule has 0 radical (unpaired) electrons. The number of nitrogens with one attached hydrogen (secondary N) is 1. The minimum atomic E-state index is -0.420. The molecule has 140 valence electrons. The molecule has 2 aromatic carbocycles. The number of hydrogen-bond donors (Lipinski definition) is 1. The van der Waals surface area contributed by atoms with Gasteiger partial charge in [-0.05, 0) is 42.5 Å². The van der Waals surface area contributed by atoms with Gasteiger partial charge >= 0.3 is 0 Å². The average molecular weight is 364 g/mol. The van der Waals surface area contributed by atoms with Crippen molar-refractivity contribution in [2.45, 2.75) is 33.2 Å². The maximum atomic E-state index is 12.4. The first-order valence-corrected chi connectivity index (χ1v) is 9.20. The Morgan fingerprint density at radius 3 is 2.00 bits per heavy atom. The fourth-order valence-corrected chi connectivity index (χ4v) is 3.31. The van der Waals surface area contributed by atoms with Crippen LogP contribution in [0.3, 0.4) is 0 Å². The van der Waals surface area contributed by atoms with Crippen molar-refractivity contribution in [3.05, 3.63) is 70.8 Å². The van der Waals surface area contributed by atoms with Crippen molar-refractivity contribution in [2.24, 2.45) is 5.92 Å². The van der Waals surface area contributed by atoms with Crippen LogP contribution in [0.1, 0.15) is 58.7 Å². The second-order valence-corrected chi connectivity index (χ2v) is 7.37. The maximum Gasteiger partial charge on any atom is 0.262 e. The fraction of sp³-hybridized carbons (Fsp3) is 0.318. The van der Waals surface area contributed by atoms with Gasteiger partial charge in [0.1, 0.15) is 6.54 Å². The lowest BCUT2D eigenvalue weighted by Crippen LogP contribution is -2.41. The van der Waals surface area contributed by atoms with Crippen molar-refractivity contribution in [1.82, 2.24) is 10.2 Å². The van der Waals surface area contributed by atoms with Crippen LogP contribution in [0.15, 0.2) is 48.5 Å². The first-order chi connectivity index (χ1) is 12.9. The van der Waals surface area contributed by atoms with Crippen LogP contribution in [0.4, 0.5) is 0 Å². The van der Waals surface area contributed by atoms with E-state index < -0.39 is 11.8 Å². The lowest BCUT2D eigenvalue weighted by atomic mass is 10.00. The largest absolute Gasteiger partial charge is 0.348 e. The number of fused-ring (bicyclic) bond motifs is 1. The van der Waals surface area contributed by atoms with E-state index in [4.69, 9.17) is 0 Å². The van der Waals surface area contributed by atoms with E-state index in [0.717, 1.165) is 16.9 Å². The SMILES string of the molecule is CC(C)Cc1ccc([C@H](C)NC(=O)CN2C(=O)c3ccccc3C2=O)cc1. The molecule has 2 aromatic rings. The monoisotopic (exact) mass is 364 g/mol. The van der Waals surface area contributed by atoms with Crippen LogP contribution in [0, 0.1) is 5.92 Å². The number of nitrogens with zero attached hydrogens (tertiary/aromatic N) is 1. The summed E-state index contributed by atoms with van der Waals surface area (Å²) in [4.78, 5) is 38.1. The summed E-state index contributed by atoms with van der Waals surface area (Å²) in [5.41, 5.74) is 2.95. The molecule has 3 amide bonds. The molecule has 5 nitrogen and oxygen atoms in total. The highest BCUT2D eigenvalue weighted by Gasteiger charge is 2.36. The molecule has 0 unspecified atom stereocenters. The maximum absolute atomic E-state index is 12.4. The van der Waals surface area contributed by atoms with E-state index in [0.29, 0.717) is 17.0 Å². The Morgan fingerprint density at radius 2 is 1.48 bits per heavy atom. The summed E-state index contributed by atoms with van der Waals surface area (Å²) in [6.07, 6.45) is 1.01. The van der Waals surface area contributed by atoms with Crippen molar-refractivity contribution in [3.63, 3.8) is 0 Å². The van der Waals surface area contributed by atoms with Crippen molar-refractivity contribution < 1.29 is 14.4 Å². The Hall–Kier alpha value is -2.95. The van der Waals surface area contributed by atoms with Crippen LogP contribution in [0.25, 0.3) is 0 Å². The third kappa shape index (κ3) is 4.08. The molecule has 0 aromatic heterocycles. The van der Waals surface area contributed by atoms with Crippen molar-refractivity contribution in [3.8, 4) is 0 Å². The van der Waals surface area contributed by atoms with Gasteiger partial charge in [0.05, 0.1) is 17.2 Å². The van der Waals surface area contributed by atoms with Gasteiger partial charge in [-0.3, -0.25) is 19.3 Å². The van der Waals surface area contributed by atoms with Crippen LogP contribution in [0.5, 0.6) is 0 Å². The summed E-state index contributed by atoms with van der Waals surface area (Å²) in [6, 6.07) is 14.6. The minimum absolute atomic E-state index is 0.208. The van der Waals surface area contributed by atoms with E-state index in [9.17, 15) is 14.4 Å². The number of rotatable bonds is 6. The second kappa shape index (κ2) is 7.74. The molecular weight excluding hydrogens is 340 g/mol. The molecule has 0 fully saturated rings. The summed E-state index contributed by atoms with van der Waals surface area (Å²) in [7, 11) is 0. The summed E-state index contributed by atoms with van der Waals surface area (Å²) in [6.45, 7) is 5.96. The molecule has 0 saturated heterocycles. The topological polar surface area (TPSA) is 66.5 Å². The zero-order valence-corrected chi connectivity index (χ0v) is 15.9. The van der Waals surface area contributed by atoms with Gasteiger partial charge in [0, 0.05) is 0 Å². The van der Waals surface area contributed by atoms with Gasteiger partial charge in [-0.2, -0.15) is 0 Å². The van der Waals surface area contributed by atoms with E-state index in [1.165, 1.54) is 5.56 Å². The van der Waals surface area contributed by atoms with Crippen LogP contribution in [0.2, 0.25) is 0 Å². The number of carbonyl (C=O) groups excluding carboxylic acids is 3. The highest BCUT2D eigenvalue weighted by molar-refractivity contribution is 6.22. The quantitative estimate of drug-likeness (QED) is 0.799. The van der Waals surface area contributed by atoms with Gasteiger partial charge in [-0.25, -0.2) is 0 Å². The third-order valence-corrected chi connectivity index (χ3v) is 4.68. The van der Waals surface area contributed by atoms with E-state index in [1.807, 2.05) is 19.1 Å². The number of imide groups is 1. The lowest BCUT2D eigenvalue weighted by molar-refractivity contribution is -0.122. The van der Waals surface area contributed by atoms with Crippen LogP contribution in [-0.2, 0) is 11.2 Å². The molecule has 0 saturated carbocycles. The van der Waals surface area contributed by atoms with Crippen molar-refractivity contribution in [2.75, 3.05) is 6.54 Å². The zero-order valence-electron chi connectivity index (χ0n) is 15.9. The van der Waals surface area contributed by atoms with E-state index in [-0.39, 0.29) is 18.5 Å². The van der Waals surface area contributed by atoms with E-state index >= 15 is 0 Å². The first kappa shape index (κ1) is 18.8. The van der Waals surface area contributed by atoms with Gasteiger partial charge in [0.2, 0.25) is 5.91 Å². The lowest BCUT2D eigenvalue weighted by Gasteiger charge is -2.18. The van der Waals surface area contributed by atoms with Gasteiger partial charge in [0.25, 0.3) is 11.8 Å². The van der Waals surface area contributed by atoms with Crippen LogP contribution >= 0.6 is 0 Å². The molecule has 1 aliphatic rings. The Balaban J connectivity index is 1.61. The van der Waals surface area contributed by atoms with Gasteiger partial charge in [0.15, 0.2) is 0 Å². The molecule has 1 atom stereocenters. The molecule has 1 N–H and O–H groups in total. The predicted octanol–water partition coefficient (Wildman–Crippen LogP) is 3.36. The summed E-state index contributed by atoms with van der Waals surface area (Å²) >= 11 is 0. The Morgan fingerprint density at radius 1 is 0.926 bits per heavy atom. The van der Waals surface area contributed by atoms with Crippen LogP contribution in [-0.4, -0.2) is 29.2 Å². The normalized spacial score (nSPS) is 14.4. The number of benzene rings is 2. The van der Waals surface area contributed by atoms with E-state index in [1.54, 1.807) is 24.3 Å². The molecule has 1 heterocycles. The summed E-state index contributed by atoms with van der Waals surface area (Å²) < 4.78 is 0. The molecule has 27 heavy (non-hydrogen) atoms. The van der Waals surface area contributed by atoms with Crippen LogP contribution < -0.4 is 5.32 Å².